The third-order valence-corrected chi connectivity index (χ3v) is 3.61. The molecule has 0 bridgehead atoms. The minimum Gasteiger partial charge on any atom is -0.497 e. The summed E-state index contributed by atoms with van der Waals surface area (Å²) in [6, 6.07) is 5.42. The maximum atomic E-state index is 11.8. The Kier molecular flexibility index (Phi) is 6.08. The minimum atomic E-state index is -0.541. The van der Waals surface area contributed by atoms with Gasteiger partial charge in [0, 0.05) is 23.5 Å². The highest BCUT2D eigenvalue weighted by molar-refractivity contribution is 6.31. The highest BCUT2D eigenvalue weighted by Crippen LogP contribution is 2.32. The van der Waals surface area contributed by atoms with Gasteiger partial charge in [-0.3, -0.25) is 0 Å². The Hall–Kier alpha value is -1.46. The second-order valence-electron chi connectivity index (χ2n) is 6.47. The van der Waals surface area contributed by atoms with Gasteiger partial charge >= 0.3 is 6.09 Å². The fourth-order valence-corrected chi connectivity index (χ4v) is 2.37. The van der Waals surface area contributed by atoms with Crippen molar-refractivity contribution in [2.24, 2.45) is 5.73 Å². The number of halogens is 1. The fourth-order valence-electron chi connectivity index (χ4n) is 1.97. The molecule has 1 aromatic carbocycles. The Balaban J connectivity index is 2.86. The number of nitrogens with two attached hydrogens (primary N) is 1. The molecular formula is C16H25ClN2O3. The molecule has 0 spiro atoms. The molecule has 0 saturated carbocycles. The first-order valence-electron chi connectivity index (χ1n) is 7.12. The van der Waals surface area contributed by atoms with Crippen molar-refractivity contribution < 1.29 is 14.3 Å². The van der Waals surface area contributed by atoms with Crippen molar-refractivity contribution in [1.29, 1.82) is 0 Å². The van der Waals surface area contributed by atoms with Crippen LogP contribution in [0, 0.1) is 0 Å². The number of nitrogens with one attached hydrogen (secondary N) is 1. The van der Waals surface area contributed by atoms with E-state index in [9.17, 15) is 4.79 Å². The third kappa shape index (κ3) is 5.07. The van der Waals surface area contributed by atoms with E-state index in [-0.39, 0.29) is 0 Å². The number of rotatable bonds is 5. The molecule has 0 aromatic heterocycles. The number of hydrogen-bond acceptors (Lipinski definition) is 4. The Morgan fingerprint density at radius 3 is 2.41 bits per heavy atom. The summed E-state index contributed by atoms with van der Waals surface area (Å²) in [4.78, 5) is 11.8. The number of carbonyl (C=O) groups excluding carboxylic acids is 1. The predicted molar refractivity (Wildman–Crippen MR) is 88.6 cm³/mol. The lowest BCUT2D eigenvalue weighted by Gasteiger charge is -2.30. The molecule has 1 unspecified atom stereocenters. The maximum absolute atomic E-state index is 11.8. The highest BCUT2D eigenvalue weighted by atomic mass is 35.5. The van der Waals surface area contributed by atoms with E-state index >= 15 is 0 Å². The summed E-state index contributed by atoms with van der Waals surface area (Å²) in [5.74, 6) is 0.674. The van der Waals surface area contributed by atoms with Gasteiger partial charge in [-0.05, 0) is 38.5 Å². The van der Waals surface area contributed by atoms with Crippen LogP contribution in [0.25, 0.3) is 0 Å². The molecule has 1 amide bonds. The van der Waals surface area contributed by atoms with E-state index in [0.717, 1.165) is 5.56 Å². The number of ether oxygens (including phenoxy) is 2. The number of carbonyl (C=O) groups is 1. The van der Waals surface area contributed by atoms with Crippen LogP contribution in [0.1, 0.15) is 33.3 Å². The molecule has 0 heterocycles. The van der Waals surface area contributed by atoms with Crippen molar-refractivity contribution in [2.45, 2.75) is 38.7 Å². The van der Waals surface area contributed by atoms with Crippen molar-refractivity contribution in [1.82, 2.24) is 5.32 Å². The Bertz CT molecular complexity index is 529. The molecular weight excluding hydrogens is 304 g/mol. The Morgan fingerprint density at radius 1 is 1.32 bits per heavy atom. The Labute approximate surface area is 137 Å². The van der Waals surface area contributed by atoms with E-state index in [1.54, 1.807) is 13.2 Å². The van der Waals surface area contributed by atoms with E-state index in [0.29, 0.717) is 23.9 Å². The highest BCUT2D eigenvalue weighted by Gasteiger charge is 2.29. The van der Waals surface area contributed by atoms with Crippen LogP contribution in [0.15, 0.2) is 18.2 Å². The minimum absolute atomic E-state index is 0.324. The zero-order valence-electron chi connectivity index (χ0n) is 13.8. The van der Waals surface area contributed by atoms with Gasteiger partial charge in [0.2, 0.25) is 0 Å². The largest absolute Gasteiger partial charge is 0.497 e. The molecule has 0 aliphatic heterocycles. The van der Waals surface area contributed by atoms with Crippen molar-refractivity contribution >= 4 is 17.7 Å². The quantitative estimate of drug-likeness (QED) is 0.871. The van der Waals surface area contributed by atoms with Gasteiger partial charge in [0.25, 0.3) is 0 Å². The summed E-state index contributed by atoms with van der Waals surface area (Å²) in [5.41, 5.74) is 5.72. The zero-order valence-corrected chi connectivity index (χ0v) is 14.6. The van der Waals surface area contributed by atoms with Crippen LogP contribution in [0.3, 0.4) is 0 Å². The number of hydrogen-bond donors (Lipinski definition) is 2. The average molecular weight is 329 g/mol. The third-order valence-electron chi connectivity index (χ3n) is 3.30. The summed E-state index contributed by atoms with van der Waals surface area (Å²) in [7, 11) is 1.58. The van der Waals surface area contributed by atoms with E-state index < -0.39 is 17.1 Å². The molecule has 1 rings (SSSR count). The van der Waals surface area contributed by atoms with Crippen LogP contribution in [0.4, 0.5) is 4.79 Å². The van der Waals surface area contributed by atoms with Crippen LogP contribution >= 0.6 is 11.6 Å². The molecule has 0 saturated heterocycles. The molecule has 0 radical (unpaired) electrons. The number of alkyl carbamates (subject to hydrolysis) is 1. The van der Waals surface area contributed by atoms with Crippen LogP contribution in [-0.4, -0.2) is 31.9 Å². The van der Waals surface area contributed by atoms with Gasteiger partial charge in [-0.15, -0.1) is 0 Å². The van der Waals surface area contributed by atoms with Gasteiger partial charge in [0.05, 0.1) is 7.11 Å². The second-order valence-corrected chi connectivity index (χ2v) is 6.87. The smallest absolute Gasteiger partial charge is 0.407 e. The second kappa shape index (κ2) is 7.20. The number of methoxy groups -OCH3 is 1. The lowest BCUT2D eigenvalue weighted by Crippen LogP contribution is -2.45. The first kappa shape index (κ1) is 18.6. The molecule has 6 heteroatoms. The van der Waals surface area contributed by atoms with Crippen LogP contribution < -0.4 is 15.8 Å². The average Bonchev–Trinajstić information content (AvgIpc) is 2.42. The van der Waals surface area contributed by atoms with Crippen molar-refractivity contribution in [3.8, 4) is 5.75 Å². The van der Waals surface area contributed by atoms with Crippen LogP contribution in [0.5, 0.6) is 5.75 Å². The molecule has 22 heavy (non-hydrogen) atoms. The summed E-state index contributed by atoms with van der Waals surface area (Å²) >= 11 is 6.31. The standard InChI is InChI=1S/C16H25ClN2O3/c1-15(2,3)22-14(20)19-10-16(4,9-18)12-7-6-11(21-5)8-13(12)17/h6-8H,9-10,18H2,1-5H3,(H,19,20). The van der Waals surface area contributed by atoms with Gasteiger partial charge in [0.15, 0.2) is 0 Å². The summed E-state index contributed by atoms with van der Waals surface area (Å²) in [6.45, 7) is 8.04. The van der Waals surface area contributed by atoms with Gasteiger partial charge in [-0.25, -0.2) is 4.79 Å². The maximum Gasteiger partial charge on any atom is 0.407 e. The lowest BCUT2D eigenvalue weighted by molar-refractivity contribution is 0.0516. The Morgan fingerprint density at radius 2 is 1.95 bits per heavy atom. The predicted octanol–water partition coefficient (Wildman–Crippen LogP) is 3.09. The molecule has 0 fully saturated rings. The molecule has 0 aliphatic carbocycles. The van der Waals surface area contributed by atoms with E-state index in [1.807, 2.05) is 39.8 Å². The van der Waals surface area contributed by atoms with Crippen molar-refractivity contribution in [3.05, 3.63) is 28.8 Å². The SMILES string of the molecule is COc1ccc(C(C)(CN)CNC(=O)OC(C)(C)C)c(Cl)c1. The van der Waals surface area contributed by atoms with Gasteiger partial charge in [-0.1, -0.05) is 24.6 Å². The van der Waals surface area contributed by atoms with Crippen molar-refractivity contribution in [3.63, 3.8) is 0 Å². The monoisotopic (exact) mass is 328 g/mol. The molecule has 124 valence electrons. The number of benzene rings is 1. The molecule has 0 aliphatic rings. The van der Waals surface area contributed by atoms with E-state index in [2.05, 4.69) is 5.32 Å². The van der Waals surface area contributed by atoms with E-state index in [1.165, 1.54) is 0 Å². The normalized spacial score (nSPS) is 14.1. The van der Waals surface area contributed by atoms with Gasteiger partial charge < -0.3 is 20.5 Å². The summed E-state index contributed by atoms with van der Waals surface area (Å²) < 4.78 is 10.4. The van der Waals surface area contributed by atoms with Gasteiger partial charge in [0.1, 0.15) is 11.4 Å². The van der Waals surface area contributed by atoms with Crippen LogP contribution in [-0.2, 0) is 10.2 Å². The van der Waals surface area contributed by atoms with Crippen LogP contribution in [0.2, 0.25) is 5.02 Å². The summed E-state index contributed by atoms with van der Waals surface area (Å²) in [5, 5.41) is 3.31. The lowest BCUT2D eigenvalue weighted by atomic mass is 9.82. The zero-order chi connectivity index (χ0) is 17.0. The number of amides is 1. The van der Waals surface area contributed by atoms with Gasteiger partial charge in [-0.2, -0.15) is 0 Å². The first-order valence-corrected chi connectivity index (χ1v) is 7.50. The molecule has 5 nitrogen and oxygen atoms in total. The molecule has 1 aromatic rings. The summed E-state index contributed by atoms with van der Waals surface area (Å²) in [6.07, 6.45) is -0.475. The molecule has 1 atom stereocenters. The first-order chi connectivity index (χ1) is 10.1. The van der Waals surface area contributed by atoms with E-state index in [4.69, 9.17) is 26.8 Å². The molecule has 3 N–H and O–H groups in total. The fraction of sp³-hybridized carbons (Fsp3) is 0.562. The topological polar surface area (TPSA) is 73.6 Å². The van der Waals surface area contributed by atoms with Crippen molar-refractivity contribution in [2.75, 3.05) is 20.2 Å².